The smallest absolute Gasteiger partial charge is 0.254 e. The lowest BCUT2D eigenvalue weighted by Gasteiger charge is -2.18. The minimum Gasteiger partial charge on any atom is -0.348 e. The Labute approximate surface area is 151 Å². The van der Waals surface area contributed by atoms with Gasteiger partial charge in [0.2, 0.25) is 0 Å². The van der Waals surface area contributed by atoms with Gasteiger partial charge in [-0.15, -0.1) is 0 Å². The summed E-state index contributed by atoms with van der Waals surface area (Å²) in [6, 6.07) is 12.4. The van der Waals surface area contributed by atoms with Crippen molar-refractivity contribution >= 4 is 21.8 Å². The molecule has 0 saturated carbocycles. The summed E-state index contributed by atoms with van der Waals surface area (Å²) in [5.74, 6) is -0.921. The molecule has 128 valence electrons. The van der Waals surface area contributed by atoms with E-state index in [9.17, 15) is 9.18 Å². The third-order valence-corrected chi connectivity index (χ3v) is 4.66. The van der Waals surface area contributed by atoms with E-state index in [-0.39, 0.29) is 5.56 Å². The van der Waals surface area contributed by atoms with E-state index in [1.54, 1.807) is 6.07 Å². The molecule has 0 radical (unpaired) electrons. The van der Waals surface area contributed by atoms with Crippen LogP contribution in [0, 0.1) is 5.82 Å². The SMILES string of the molecule is CC[NH+](CC)Cc1ccccc1CNC(=O)c1cc(Br)ccc1F. The molecule has 0 aliphatic heterocycles. The average Bonchev–Trinajstić information content (AvgIpc) is 2.60. The van der Waals surface area contributed by atoms with E-state index < -0.39 is 11.7 Å². The van der Waals surface area contributed by atoms with E-state index in [0.29, 0.717) is 11.0 Å². The molecular formula is C19H23BrFN2O+. The molecule has 0 saturated heterocycles. The molecule has 0 fully saturated rings. The van der Waals surface area contributed by atoms with Crippen LogP contribution in [-0.4, -0.2) is 19.0 Å². The van der Waals surface area contributed by atoms with Crippen LogP contribution in [0.15, 0.2) is 46.9 Å². The highest BCUT2D eigenvalue weighted by molar-refractivity contribution is 9.10. The van der Waals surface area contributed by atoms with Gasteiger partial charge in [0.1, 0.15) is 12.4 Å². The maximum Gasteiger partial charge on any atom is 0.254 e. The standard InChI is InChI=1S/C19H22BrFN2O/c1-3-23(4-2)13-15-8-6-5-7-14(15)12-22-19(24)17-11-16(20)9-10-18(17)21/h5-11H,3-4,12-13H2,1-2H3,(H,22,24)/p+1. The second kappa shape index (κ2) is 8.94. The maximum atomic E-state index is 13.8. The molecule has 0 bridgehead atoms. The number of quaternary nitrogens is 1. The Morgan fingerprint density at radius 2 is 1.79 bits per heavy atom. The molecule has 2 aromatic carbocycles. The number of halogens is 2. The number of hydrogen-bond acceptors (Lipinski definition) is 1. The number of carbonyl (C=O) groups is 1. The van der Waals surface area contributed by atoms with E-state index in [0.717, 1.165) is 25.2 Å². The fraction of sp³-hybridized carbons (Fsp3) is 0.316. The number of nitrogens with one attached hydrogen (secondary N) is 2. The van der Waals surface area contributed by atoms with Gasteiger partial charge in [-0.25, -0.2) is 4.39 Å². The lowest BCUT2D eigenvalue weighted by Crippen LogP contribution is -3.10. The van der Waals surface area contributed by atoms with Crippen LogP contribution in [0.4, 0.5) is 4.39 Å². The van der Waals surface area contributed by atoms with Crippen molar-refractivity contribution in [2.75, 3.05) is 13.1 Å². The zero-order chi connectivity index (χ0) is 17.5. The van der Waals surface area contributed by atoms with Gasteiger partial charge in [0.15, 0.2) is 0 Å². The fourth-order valence-corrected chi connectivity index (χ4v) is 2.98. The van der Waals surface area contributed by atoms with Crippen LogP contribution in [0.1, 0.15) is 35.3 Å². The van der Waals surface area contributed by atoms with Crippen molar-refractivity contribution in [3.05, 3.63) is 69.4 Å². The van der Waals surface area contributed by atoms with Crippen LogP contribution >= 0.6 is 15.9 Å². The number of amides is 1. The lowest BCUT2D eigenvalue weighted by atomic mass is 10.1. The van der Waals surface area contributed by atoms with Gasteiger partial charge in [0, 0.05) is 16.6 Å². The Balaban J connectivity index is 2.09. The van der Waals surface area contributed by atoms with Gasteiger partial charge >= 0.3 is 0 Å². The Bertz CT molecular complexity index is 702. The summed E-state index contributed by atoms with van der Waals surface area (Å²) in [5, 5.41) is 2.82. The summed E-state index contributed by atoms with van der Waals surface area (Å²) < 4.78 is 14.5. The molecule has 0 aromatic heterocycles. The molecule has 0 heterocycles. The molecule has 2 N–H and O–H groups in total. The zero-order valence-electron chi connectivity index (χ0n) is 14.0. The number of benzene rings is 2. The van der Waals surface area contributed by atoms with Crippen LogP contribution in [-0.2, 0) is 13.1 Å². The highest BCUT2D eigenvalue weighted by Gasteiger charge is 2.14. The second-order valence-corrected chi connectivity index (χ2v) is 6.63. The number of rotatable bonds is 7. The molecule has 0 aliphatic rings. The maximum absolute atomic E-state index is 13.8. The summed E-state index contributed by atoms with van der Waals surface area (Å²) in [6.45, 7) is 7.76. The summed E-state index contributed by atoms with van der Waals surface area (Å²) in [5.41, 5.74) is 2.34. The van der Waals surface area contributed by atoms with Gasteiger partial charge in [-0.3, -0.25) is 4.79 Å². The average molecular weight is 394 g/mol. The third-order valence-electron chi connectivity index (χ3n) is 4.17. The predicted molar refractivity (Wildman–Crippen MR) is 97.5 cm³/mol. The normalized spacial score (nSPS) is 10.9. The van der Waals surface area contributed by atoms with Gasteiger partial charge in [0.05, 0.1) is 18.7 Å². The second-order valence-electron chi connectivity index (χ2n) is 5.71. The first kappa shape index (κ1) is 18.6. The van der Waals surface area contributed by atoms with Crippen LogP contribution in [0.3, 0.4) is 0 Å². The first-order valence-electron chi connectivity index (χ1n) is 8.18. The highest BCUT2D eigenvalue weighted by atomic mass is 79.9. The Hall–Kier alpha value is -1.72. The van der Waals surface area contributed by atoms with E-state index in [2.05, 4.69) is 41.2 Å². The van der Waals surface area contributed by atoms with Crippen LogP contribution in [0.5, 0.6) is 0 Å². The molecule has 2 rings (SSSR count). The van der Waals surface area contributed by atoms with Crippen molar-refractivity contribution < 1.29 is 14.1 Å². The summed E-state index contributed by atoms with van der Waals surface area (Å²) >= 11 is 3.27. The molecule has 1 amide bonds. The Kier molecular flexibility index (Phi) is 6.94. The molecule has 0 unspecified atom stereocenters. The topological polar surface area (TPSA) is 33.5 Å². The predicted octanol–water partition coefficient (Wildman–Crippen LogP) is 2.94. The number of hydrogen-bond donors (Lipinski definition) is 2. The summed E-state index contributed by atoms with van der Waals surface area (Å²) in [7, 11) is 0. The summed E-state index contributed by atoms with van der Waals surface area (Å²) in [6.07, 6.45) is 0. The number of carbonyl (C=O) groups excluding carboxylic acids is 1. The fourth-order valence-electron chi connectivity index (χ4n) is 2.61. The molecular weight excluding hydrogens is 371 g/mol. The molecule has 5 heteroatoms. The lowest BCUT2D eigenvalue weighted by molar-refractivity contribution is -0.910. The molecule has 0 atom stereocenters. The van der Waals surface area contributed by atoms with Crippen molar-refractivity contribution in [3.8, 4) is 0 Å². The van der Waals surface area contributed by atoms with Crippen LogP contribution in [0.25, 0.3) is 0 Å². The van der Waals surface area contributed by atoms with Crippen molar-refractivity contribution in [2.45, 2.75) is 26.9 Å². The first-order valence-corrected chi connectivity index (χ1v) is 8.98. The van der Waals surface area contributed by atoms with Gasteiger partial charge in [-0.05, 0) is 37.6 Å². The van der Waals surface area contributed by atoms with Crippen molar-refractivity contribution in [1.29, 1.82) is 0 Å². The molecule has 3 nitrogen and oxygen atoms in total. The van der Waals surface area contributed by atoms with E-state index >= 15 is 0 Å². The zero-order valence-corrected chi connectivity index (χ0v) is 15.6. The first-order chi connectivity index (χ1) is 11.5. The van der Waals surface area contributed by atoms with Crippen LogP contribution in [0.2, 0.25) is 0 Å². The highest BCUT2D eigenvalue weighted by Crippen LogP contribution is 2.16. The minimum absolute atomic E-state index is 0.0521. The third kappa shape index (κ3) is 4.89. The van der Waals surface area contributed by atoms with E-state index in [4.69, 9.17) is 0 Å². The monoisotopic (exact) mass is 393 g/mol. The van der Waals surface area contributed by atoms with Crippen molar-refractivity contribution in [1.82, 2.24) is 5.32 Å². The Morgan fingerprint density at radius 3 is 2.46 bits per heavy atom. The van der Waals surface area contributed by atoms with Crippen LogP contribution < -0.4 is 10.2 Å². The molecule has 24 heavy (non-hydrogen) atoms. The quantitative estimate of drug-likeness (QED) is 0.744. The van der Waals surface area contributed by atoms with Gasteiger partial charge in [-0.1, -0.05) is 40.2 Å². The minimum atomic E-state index is -0.517. The largest absolute Gasteiger partial charge is 0.348 e. The Morgan fingerprint density at radius 1 is 1.12 bits per heavy atom. The van der Waals surface area contributed by atoms with Crippen molar-refractivity contribution in [2.24, 2.45) is 0 Å². The molecule has 2 aromatic rings. The summed E-state index contributed by atoms with van der Waals surface area (Å²) in [4.78, 5) is 13.7. The molecule has 0 aliphatic carbocycles. The van der Waals surface area contributed by atoms with E-state index in [1.807, 2.05) is 18.2 Å². The van der Waals surface area contributed by atoms with Crippen molar-refractivity contribution in [3.63, 3.8) is 0 Å². The van der Waals surface area contributed by atoms with Gasteiger partial charge < -0.3 is 10.2 Å². The molecule has 0 spiro atoms. The van der Waals surface area contributed by atoms with Gasteiger partial charge in [-0.2, -0.15) is 0 Å². The van der Waals surface area contributed by atoms with E-state index in [1.165, 1.54) is 22.6 Å². The van der Waals surface area contributed by atoms with Gasteiger partial charge in [0.25, 0.3) is 5.91 Å².